The second-order valence-corrected chi connectivity index (χ2v) is 5.84. The summed E-state index contributed by atoms with van der Waals surface area (Å²) in [5, 5.41) is 0. The summed E-state index contributed by atoms with van der Waals surface area (Å²) >= 11 is 0. The van der Waals surface area contributed by atoms with Crippen LogP contribution in [0.15, 0.2) is 48.8 Å². The molecular formula is C18H23N3. The SMILES string of the molecule is Cc1cccc(C(CN)N2CCCC2c2ccncc2)c1. The van der Waals surface area contributed by atoms with E-state index in [-0.39, 0.29) is 0 Å². The van der Waals surface area contributed by atoms with Crippen LogP contribution in [-0.2, 0) is 0 Å². The van der Waals surface area contributed by atoms with Crippen LogP contribution in [0.2, 0.25) is 0 Å². The van der Waals surface area contributed by atoms with Crippen LogP contribution in [0.5, 0.6) is 0 Å². The van der Waals surface area contributed by atoms with Crippen molar-refractivity contribution in [3.8, 4) is 0 Å². The Balaban J connectivity index is 1.89. The van der Waals surface area contributed by atoms with Crippen molar-refractivity contribution in [2.75, 3.05) is 13.1 Å². The molecule has 2 unspecified atom stereocenters. The Labute approximate surface area is 126 Å². The number of aryl methyl sites for hydroxylation is 1. The fourth-order valence-electron chi connectivity index (χ4n) is 3.45. The third-order valence-corrected chi connectivity index (χ3v) is 4.44. The quantitative estimate of drug-likeness (QED) is 0.935. The Kier molecular flexibility index (Phi) is 4.32. The fourth-order valence-corrected chi connectivity index (χ4v) is 3.45. The first-order chi connectivity index (χ1) is 10.3. The van der Waals surface area contributed by atoms with Crippen molar-refractivity contribution in [3.63, 3.8) is 0 Å². The molecule has 1 aliphatic rings. The number of benzene rings is 1. The zero-order chi connectivity index (χ0) is 14.7. The largest absolute Gasteiger partial charge is 0.329 e. The van der Waals surface area contributed by atoms with Gasteiger partial charge in [-0.15, -0.1) is 0 Å². The molecule has 0 spiro atoms. The molecule has 1 aromatic carbocycles. The molecule has 2 heterocycles. The Hall–Kier alpha value is -1.71. The zero-order valence-corrected chi connectivity index (χ0v) is 12.6. The molecule has 1 saturated heterocycles. The summed E-state index contributed by atoms with van der Waals surface area (Å²) in [7, 11) is 0. The van der Waals surface area contributed by atoms with Gasteiger partial charge in [-0.3, -0.25) is 9.88 Å². The van der Waals surface area contributed by atoms with Gasteiger partial charge in [-0.05, 0) is 49.6 Å². The van der Waals surface area contributed by atoms with Crippen LogP contribution < -0.4 is 5.73 Å². The van der Waals surface area contributed by atoms with E-state index < -0.39 is 0 Å². The van der Waals surface area contributed by atoms with Gasteiger partial charge in [-0.2, -0.15) is 0 Å². The summed E-state index contributed by atoms with van der Waals surface area (Å²) < 4.78 is 0. The molecule has 0 amide bonds. The van der Waals surface area contributed by atoms with Crippen LogP contribution in [0.25, 0.3) is 0 Å². The Morgan fingerprint density at radius 2 is 2.10 bits per heavy atom. The molecule has 1 aromatic heterocycles. The first kappa shape index (κ1) is 14.2. The lowest BCUT2D eigenvalue weighted by Crippen LogP contribution is -2.33. The zero-order valence-electron chi connectivity index (χ0n) is 12.6. The van der Waals surface area contributed by atoms with E-state index in [1.165, 1.54) is 29.5 Å². The smallest absolute Gasteiger partial charge is 0.0476 e. The average Bonchev–Trinajstić information content (AvgIpc) is 2.98. The highest BCUT2D eigenvalue weighted by Crippen LogP contribution is 2.38. The van der Waals surface area contributed by atoms with E-state index in [1.54, 1.807) is 0 Å². The predicted octanol–water partition coefficient (Wildman–Crippen LogP) is 3.23. The molecule has 0 aliphatic carbocycles. The molecule has 21 heavy (non-hydrogen) atoms. The van der Waals surface area contributed by atoms with E-state index in [0.717, 1.165) is 6.54 Å². The minimum Gasteiger partial charge on any atom is -0.329 e. The van der Waals surface area contributed by atoms with Gasteiger partial charge in [0.2, 0.25) is 0 Å². The molecule has 2 atom stereocenters. The van der Waals surface area contributed by atoms with Gasteiger partial charge in [-0.1, -0.05) is 29.8 Å². The van der Waals surface area contributed by atoms with E-state index in [9.17, 15) is 0 Å². The van der Waals surface area contributed by atoms with Gasteiger partial charge in [0.05, 0.1) is 0 Å². The highest BCUT2D eigenvalue weighted by atomic mass is 15.2. The van der Waals surface area contributed by atoms with E-state index in [1.807, 2.05) is 12.4 Å². The van der Waals surface area contributed by atoms with E-state index in [0.29, 0.717) is 18.6 Å². The summed E-state index contributed by atoms with van der Waals surface area (Å²) in [6.45, 7) is 3.91. The second kappa shape index (κ2) is 6.37. The van der Waals surface area contributed by atoms with Gasteiger partial charge >= 0.3 is 0 Å². The normalized spacial score (nSPS) is 20.6. The maximum atomic E-state index is 6.12. The molecule has 3 nitrogen and oxygen atoms in total. The number of likely N-dealkylation sites (tertiary alicyclic amines) is 1. The lowest BCUT2D eigenvalue weighted by molar-refractivity contribution is 0.185. The monoisotopic (exact) mass is 281 g/mol. The number of nitrogens with zero attached hydrogens (tertiary/aromatic N) is 2. The number of aromatic nitrogens is 1. The number of rotatable bonds is 4. The number of hydrogen-bond donors (Lipinski definition) is 1. The second-order valence-electron chi connectivity index (χ2n) is 5.84. The molecule has 2 aromatic rings. The van der Waals surface area contributed by atoms with E-state index in [2.05, 4.69) is 53.2 Å². The Morgan fingerprint density at radius 1 is 1.29 bits per heavy atom. The lowest BCUT2D eigenvalue weighted by Gasteiger charge is -2.33. The minimum absolute atomic E-state index is 0.297. The van der Waals surface area contributed by atoms with Crippen LogP contribution in [0, 0.1) is 6.92 Å². The highest BCUT2D eigenvalue weighted by Gasteiger charge is 2.31. The third kappa shape index (κ3) is 2.99. The van der Waals surface area contributed by atoms with Crippen molar-refractivity contribution < 1.29 is 0 Å². The molecule has 0 radical (unpaired) electrons. The third-order valence-electron chi connectivity index (χ3n) is 4.44. The predicted molar refractivity (Wildman–Crippen MR) is 85.9 cm³/mol. The molecule has 1 aliphatic heterocycles. The lowest BCUT2D eigenvalue weighted by atomic mass is 10.00. The number of pyridine rings is 1. The van der Waals surface area contributed by atoms with Crippen LogP contribution in [0.1, 0.15) is 41.6 Å². The van der Waals surface area contributed by atoms with Crippen molar-refractivity contribution in [3.05, 3.63) is 65.5 Å². The summed E-state index contributed by atoms with van der Waals surface area (Å²) in [5.74, 6) is 0. The van der Waals surface area contributed by atoms with Crippen molar-refractivity contribution in [1.82, 2.24) is 9.88 Å². The molecule has 3 rings (SSSR count). The van der Waals surface area contributed by atoms with Gasteiger partial charge in [0.15, 0.2) is 0 Å². The van der Waals surface area contributed by atoms with Crippen LogP contribution >= 0.6 is 0 Å². The molecule has 110 valence electrons. The number of nitrogens with two attached hydrogens (primary N) is 1. The Bertz CT molecular complexity index is 582. The summed E-state index contributed by atoms with van der Waals surface area (Å²) in [4.78, 5) is 6.69. The number of hydrogen-bond acceptors (Lipinski definition) is 3. The molecule has 3 heteroatoms. The highest BCUT2D eigenvalue weighted by molar-refractivity contribution is 5.27. The van der Waals surface area contributed by atoms with Gasteiger partial charge in [-0.25, -0.2) is 0 Å². The first-order valence-corrected chi connectivity index (χ1v) is 7.72. The first-order valence-electron chi connectivity index (χ1n) is 7.72. The molecular weight excluding hydrogens is 258 g/mol. The Morgan fingerprint density at radius 3 is 2.81 bits per heavy atom. The van der Waals surface area contributed by atoms with Crippen LogP contribution in [0.4, 0.5) is 0 Å². The molecule has 2 N–H and O–H groups in total. The molecule has 1 fully saturated rings. The summed E-state index contributed by atoms with van der Waals surface area (Å²) in [5.41, 5.74) is 10.1. The van der Waals surface area contributed by atoms with Crippen molar-refractivity contribution >= 4 is 0 Å². The van der Waals surface area contributed by atoms with E-state index >= 15 is 0 Å². The van der Waals surface area contributed by atoms with Crippen molar-refractivity contribution in [2.45, 2.75) is 31.8 Å². The van der Waals surface area contributed by atoms with Gasteiger partial charge in [0.1, 0.15) is 0 Å². The van der Waals surface area contributed by atoms with E-state index in [4.69, 9.17) is 5.73 Å². The molecule has 0 bridgehead atoms. The fraction of sp³-hybridized carbons (Fsp3) is 0.389. The standard InChI is InChI=1S/C18H23N3/c1-14-4-2-5-16(12-14)18(13-19)21-11-3-6-17(21)15-7-9-20-10-8-15/h2,4-5,7-10,12,17-18H,3,6,11,13,19H2,1H3. The molecule has 0 saturated carbocycles. The maximum absolute atomic E-state index is 6.12. The topological polar surface area (TPSA) is 42.1 Å². The average molecular weight is 281 g/mol. The maximum Gasteiger partial charge on any atom is 0.0476 e. The van der Waals surface area contributed by atoms with Crippen molar-refractivity contribution in [2.24, 2.45) is 5.73 Å². The summed E-state index contributed by atoms with van der Waals surface area (Å²) in [6, 6.07) is 13.8. The van der Waals surface area contributed by atoms with Crippen LogP contribution in [-0.4, -0.2) is 23.0 Å². The minimum atomic E-state index is 0.297. The van der Waals surface area contributed by atoms with Gasteiger partial charge in [0, 0.05) is 31.0 Å². The van der Waals surface area contributed by atoms with Crippen LogP contribution in [0.3, 0.4) is 0 Å². The van der Waals surface area contributed by atoms with Gasteiger partial charge < -0.3 is 5.73 Å². The summed E-state index contributed by atoms with van der Waals surface area (Å²) in [6.07, 6.45) is 6.20. The van der Waals surface area contributed by atoms with Gasteiger partial charge in [0.25, 0.3) is 0 Å². The van der Waals surface area contributed by atoms with Crippen molar-refractivity contribution in [1.29, 1.82) is 0 Å².